The van der Waals surface area contributed by atoms with Crippen molar-refractivity contribution in [1.82, 2.24) is 0 Å². The fourth-order valence-electron chi connectivity index (χ4n) is 1.36. The van der Waals surface area contributed by atoms with Gasteiger partial charge in [-0.2, -0.15) is 0 Å². The number of esters is 1. The largest absolute Gasteiger partial charge is 0.467 e. The van der Waals surface area contributed by atoms with E-state index in [0.717, 1.165) is 11.3 Å². The number of ether oxygens (including phenoxy) is 1. The van der Waals surface area contributed by atoms with Gasteiger partial charge in [0.2, 0.25) is 0 Å². The van der Waals surface area contributed by atoms with E-state index < -0.39 is 12.0 Å². The summed E-state index contributed by atoms with van der Waals surface area (Å²) in [5.41, 5.74) is 10.1. The number of aryl methyl sites for hydroxylation is 1. The number of nitrogens with zero attached hydrogens (tertiary/aromatic N) is 3. The van der Waals surface area contributed by atoms with Crippen LogP contribution in [-0.2, 0) is 9.53 Å². The van der Waals surface area contributed by atoms with Crippen molar-refractivity contribution in [3.8, 4) is 0 Å². The summed E-state index contributed by atoms with van der Waals surface area (Å²) >= 11 is 0. The van der Waals surface area contributed by atoms with Gasteiger partial charge in [-0.05, 0) is 24.1 Å². The number of rotatable bonds is 5. The Hall–Kier alpha value is -2.20. The second kappa shape index (κ2) is 6.40. The second-order valence-electron chi connectivity index (χ2n) is 3.45. The predicted octanol–water partition coefficient (Wildman–Crippen LogP) is 2.26. The van der Waals surface area contributed by atoms with Crippen LogP contribution in [-0.4, -0.2) is 25.7 Å². The molecule has 6 heteroatoms. The molecule has 90 valence electrons. The molecule has 1 aromatic rings. The molecule has 6 nitrogen and oxygen atoms in total. The molecule has 1 N–H and O–H groups in total. The van der Waals surface area contributed by atoms with E-state index in [0.29, 0.717) is 0 Å². The van der Waals surface area contributed by atoms with Crippen molar-refractivity contribution in [1.29, 1.82) is 0 Å². The molecule has 0 spiro atoms. The molecule has 0 fully saturated rings. The van der Waals surface area contributed by atoms with Gasteiger partial charge in [-0.25, -0.2) is 4.79 Å². The highest BCUT2D eigenvalue weighted by molar-refractivity contribution is 5.79. The molecule has 0 saturated carbocycles. The van der Waals surface area contributed by atoms with Crippen LogP contribution in [0.1, 0.15) is 5.56 Å². The maximum Gasteiger partial charge on any atom is 0.328 e. The average Bonchev–Trinajstić information content (AvgIpc) is 2.35. The molecule has 0 amide bonds. The van der Waals surface area contributed by atoms with E-state index in [1.807, 2.05) is 31.2 Å². The van der Waals surface area contributed by atoms with E-state index in [4.69, 9.17) is 5.53 Å². The van der Waals surface area contributed by atoms with Gasteiger partial charge < -0.3 is 10.1 Å². The lowest BCUT2D eigenvalue weighted by Gasteiger charge is -2.16. The van der Waals surface area contributed by atoms with Gasteiger partial charge in [0, 0.05) is 10.6 Å². The first-order chi connectivity index (χ1) is 8.19. The first-order valence-corrected chi connectivity index (χ1v) is 5.10. The quantitative estimate of drug-likeness (QED) is 0.367. The Labute approximate surface area is 99.2 Å². The van der Waals surface area contributed by atoms with Crippen LogP contribution in [0.2, 0.25) is 0 Å². The standard InChI is InChI=1S/C11H14N4O2/c1-8-5-3-4-6-9(8)14-10(7-13-15-12)11(16)17-2/h3-6,10,14H,7H2,1-2H3. The lowest BCUT2D eigenvalue weighted by Crippen LogP contribution is -2.33. The molecule has 0 saturated heterocycles. The van der Waals surface area contributed by atoms with Gasteiger partial charge >= 0.3 is 5.97 Å². The molecule has 17 heavy (non-hydrogen) atoms. The zero-order valence-electron chi connectivity index (χ0n) is 9.75. The zero-order chi connectivity index (χ0) is 12.7. The Balaban J connectivity index is 2.82. The van der Waals surface area contributed by atoms with Crippen LogP contribution >= 0.6 is 0 Å². The Morgan fingerprint density at radius 2 is 2.29 bits per heavy atom. The number of hydrogen-bond acceptors (Lipinski definition) is 4. The number of para-hydroxylation sites is 1. The Morgan fingerprint density at radius 3 is 2.88 bits per heavy atom. The molecule has 1 unspecified atom stereocenters. The van der Waals surface area contributed by atoms with Gasteiger partial charge in [0.05, 0.1) is 13.7 Å². The maximum atomic E-state index is 11.5. The molecule has 0 aliphatic heterocycles. The van der Waals surface area contributed by atoms with Crippen molar-refractivity contribution in [3.63, 3.8) is 0 Å². The Bertz CT molecular complexity index is 441. The van der Waals surface area contributed by atoms with Gasteiger partial charge in [-0.1, -0.05) is 23.3 Å². The Kier molecular flexibility index (Phi) is 4.84. The van der Waals surface area contributed by atoms with Crippen molar-refractivity contribution in [3.05, 3.63) is 40.3 Å². The molecule has 0 aromatic heterocycles. The van der Waals surface area contributed by atoms with Crippen LogP contribution in [0, 0.1) is 6.92 Å². The van der Waals surface area contributed by atoms with E-state index in [2.05, 4.69) is 20.1 Å². The molecule has 1 aromatic carbocycles. The SMILES string of the molecule is COC(=O)C(CN=[N+]=[N-])Nc1ccccc1C. The normalized spacial score (nSPS) is 11.2. The third-order valence-corrected chi connectivity index (χ3v) is 2.29. The topological polar surface area (TPSA) is 87.1 Å². The summed E-state index contributed by atoms with van der Waals surface area (Å²) in [4.78, 5) is 14.1. The number of carbonyl (C=O) groups excluding carboxylic acids is 1. The highest BCUT2D eigenvalue weighted by atomic mass is 16.5. The fraction of sp³-hybridized carbons (Fsp3) is 0.364. The predicted molar refractivity (Wildman–Crippen MR) is 64.6 cm³/mol. The minimum Gasteiger partial charge on any atom is -0.467 e. The molecular weight excluding hydrogens is 220 g/mol. The first kappa shape index (κ1) is 12.9. The highest BCUT2D eigenvalue weighted by Gasteiger charge is 2.18. The number of anilines is 1. The summed E-state index contributed by atoms with van der Waals surface area (Å²) in [6.45, 7) is 1.93. The number of nitrogens with one attached hydrogen (secondary N) is 1. The molecule has 1 rings (SSSR count). The average molecular weight is 234 g/mol. The number of carbonyl (C=O) groups is 1. The summed E-state index contributed by atoms with van der Waals surface area (Å²) < 4.78 is 4.64. The first-order valence-electron chi connectivity index (χ1n) is 5.10. The summed E-state index contributed by atoms with van der Waals surface area (Å²) in [5, 5.41) is 6.38. The molecule has 0 bridgehead atoms. The third-order valence-electron chi connectivity index (χ3n) is 2.29. The van der Waals surface area contributed by atoms with Crippen molar-refractivity contribution >= 4 is 11.7 Å². The summed E-state index contributed by atoms with van der Waals surface area (Å²) in [5.74, 6) is -0.458. The number of hydrogen-bond donors (Lipinski definition) is 1. The van der Waals surface area contributed by atoms with Crippen molar-refractivity contribution in [2.75, 3.05) is 19.0 Å². The van der Waals surface area contributed by atoms with Crippen LogP contribution in [0.3, 0.4) is 0 Å². The minimum atomic E-state index is -0.669. The minimum absolute atomic E-state index is 0.0114. The summed E-state index contributed by atoms with van der Waals surface area (Å²) in [6, 6.07) is 6.86. The summed E-state index contributed by atoms with van der Waals surface area (Å²) in [7, 11) is 1.30. The monoisotopic (exact) mass is 234 g/mol. The van der Waals surface area contributed by atoms with E-state index in [1.165, 1.54) is 7.11 Å². The van der Waals surface area contributed by atoms with Crippen LogP contribution in [0.25, 0.3) is 10.4 Å². The number of benzene rings is 1. The lowest BCUT2D eigenvalue weighted by atomic mass is 10.2. The van der Waals surface area contributed by atoms with Crippen molar-refractivity contribution in [2.24, 2.45) is 5.11 Å². The van der Waals surface area contributed by atoms with E-state index in [-0.39, 0.29) is 6.54 Å². The molecule has 1 atom stereocenters. The van der Waals surface area contributed by atoms with Crippen molar-refractivity contribution < 1.29 is 9.53 Å². The zero-order valence-corrected chi connectivity index (χ0v) is 9.75. The van der Waals surface area contributed by atoms with Crippen LogP contribution in [0.4, 0.5) is 5.69 Å². The molecule has 0 aliphatic carbocycles. The molecule has 0 aliphatic rings. The van der Waals surface area contributed by atoms with Crippen molar-refractivity contribution in [2.45, 2.75) is 13.0 Å². The smallest absolute Gasteiger partial charge is 0.328 e. The third kappa shape index (κ3) is 3.70. The Morgan fingerprint density at radius 1 is 1.59 bits per heavy atom. The lowest BCUT2D eigenvalue weighted by molar-refractivity contribution is -0.141. The van der Waals surface area contributed by atoms with Gasteiger partial charge in [0.25, 0.3) is 0 Å². The van der Waals surface area contributed by atoms with Gasteiger partial charge in [-0.3, -0.25) is 0 Å². The van der Waals surface area contributed by atoms with E-state index in [9.17, 15) is 4.79 Å². The van der Waals surface area contributed by atoms with Gasteiger partial charge in [0.1, 0.15) is 6.04 Å². The van der Waals surface area contributed by atoms with E-state index in [1.54, 1.807) is 0 Å². The summed E-state index contributed by atoms with van der Waals surface area (Å²) in [6.07, 6.45) is 0. The molecular formula is C11H14N4O2. The maximum absolute atomic E-state index is 11.5. The van der Waals surface area contributed by atoms with Crippen LogP contribution in [0.15, 0.2) is 29.4 Å². The van der Waals surface area contributed by atoms with Gasteiger partial charge in [0.15, 0.2) is 0 Å². The van der Waals surface area contributed by atoms with E-state index >= 15 is 0 Å². The fourth-order valence-corrected chi connectivity index (χ4v) is 1.36. The highest BCUT2D eigenvalue weighted by Crippen LogP contribution is 2.14. The number of azide groups is 1. The molecule has 0 heterocycles. The van der Waals surface area contributed by atoms with Gasteiger partial charge in [-0.15, -0.1) is 0 Å². The second-order valence-corrected chi connectivity index (χ2v) is 3.45. The molecule has 0 radical (unpaired) electrons. The van der Waals surface area contributed by atoms with Crippen LogP contribution in [0.5, 0.6) is 0 Å². The van der Waals surface area contributed by atoms with Crippen LogP contribution < -0.4 is 5.32 Å². The number of methoxy groups -OCH3 is 1.